The van der Waals surface area contributed by atoms with Gasteiger partial charge in [-0.15, -0.1) is 0 Å². The van der Waals surface area contributed by atoms with Gasteiger partial charge in [0.2, 0.25) is 0 Å². The van der Waals surface area contributed by atoms with Gasteiger partial charge in [0.25, 0.3) is 5.91 Å². The van der Waals surface area contributed by atoms with E-state index >= 15 is 0 Å². The van der Waals surface area contributed by atoms with Crippen LogP contribution in [0.25, 0.3) is 0 Å². The van der Waals surface area contributed by atoms with Crippen molar-refractivity contribution in [1.29, 1.82) is 0 Å². The third-order valence-electron chi connectivity index (χ3n) is 3.04. The van der Waals surface area contributed by atoms with Crippen molar-refractivity contribution in [2.24, 2.45) is 0 Å². The fourth-order valence-electron chi connectivity index (χ4n) is 1.87. The van der Waals surface area contributed by atoms with Gasteiger partial charge < -0.3 is 10.1 Å². The molecule has 4 heteroatoms. The Morgan fingerprint density at radius 2 is 2.10 bits per heavy atom. The molecule has 2 rings (SSSR count). The van der Waals surface area contributed by atoms with Crippen LogP contribution in [0.3, 0.4) is 0 Å². The summed E-state index contributed by atoms with van der Waals surface area (Å²) in [5.74, 6) is 0.766. The molecule has 0 saturated carbocycles. The van der Waals surface area contributed by atoms with E-state index < -0.39 is 0 Å². The van der Waals surface area contributed by atoms with Crippen LogP contribution in [0.1, 0.15) is 28.0 Å². The molecule has 4 nitrogen and oxygen atoms in total. The Kier molecular flexibility index (Phi) is 5.32. The molecule has 1 heterocycles. The van der Waals surface area contributed by atoms with Crippen molar-refractivity contribution >= 4 is 5.91 Å². The average Bonchev–Trinajstić information content (AvgIpc) is 2.47. The maximum atomic E-state index is 11.8. The fourth-order valence-corrected chi connectivity index (χ4v) is 1.87. The van der Waals surface area contributed by atoms with Crippen molar-refractivity contribution in [3.63, 3.8) is 0 Å². The lowest BCUT2D eigenvalue weighted by Crippen LogP contribution is -2.25. The molecular weight excluding hydrogens is 264 g/mol. The van der Waals surface area contributed by atoms with Crippen LogP contribution >= 0.6 is 0 Å². The summed E-state index contributed by atoms with van der Waals surface area (Å²) in [6.07, 6.45) is 2.35. The van der Waals surface area contributed by atoms with E-state index in [9.17, 15) is 4.79 Å². The maximum absolute atomic E-state index is 11.8. The molecule has 0 spiro atoms. The molecule has 0 aliphatic carbocycles. The third kappa shape index (κ3) is 4.91. The topological polar surface area (TPSA) is 51.2 Å². The van der Waals surface area contributed by atoms with Crippen LogP contribution in [0.2, 0.25) is 0 Å². The van der Waals surface area contributed by atoms with Crippen molar-refractivity contribution in [3.05, 3.63) is 59.4 Å². The summed E-state index contributed by atoms with van der Waals surface area (Å²) >= 11 is 0. The van der Waals surface area contributed by atoms with E-state index in [4.69, 9.17) is 4.74 Å². The van der Waals surface area contributed by atoms with Gasteiger partial charge in [-0.1, -0.05) is 12.1 Å². The van der Waals surface area contributed by atoms with E-state index in [-0.39, 0.29) is 5.91 Å². The molecule has 21 heavy (non-hydrogen) atoms. The molecule has 0 fully saturated rings. The lowest BCUT2D eigenvalue weighted by Gasteiger charge is -2.08. The average molecular weight is 284 g/mol. The molecule has 0 unspecified atom stereocenters. The zero-order chi connectivity index (χ0) is 15.1. The van der Waals surface area contributed by atoms with Crippen LogP contribution in [0.5, 0.6) is 5.75 Å². The first-order valence-corrected chi connectivity index (χ1v) is 7.05. The molecule has 110 valence electrons. The number of benzene rings is 1. The highest BCUT2D eigenvalue weighted by atomic mass is 16.5. The van der Waals surface area contributed by atoms with E-state index in [1.807, 2.05) is 44.2 Å². The van der Waals surface area contributed by atoms with Gasteiger partial charge in [-0.25, -0.2) is 0 Å². The zero-order valence-electron chi connectivity index (χ0n) is 12.4. The van der Waals surface area contributed by atoms with Crippen LogP contribution in [-0.4, -0.2) is 24.0 Å². The second kappa shape index (κ2) is 7.43. The second-order valence-corrected chi connectivity index (χ2v) is 4.96. The first-order valence-electron chi connectivity index (χ1n) is 7.05. The van der Waals surface area contributed by atoms with E-state index in [1.54, 1.807) is 12.3 Å². The number of nitrogens with one attached hydrogen (secondary N) is 1. The van der Waals surface area contributed by atoms with E-state index in [1.165, 1.54) is 5.56 Å². The Morgan fingerprint density at radius 3 is 2.81 bits per heavy atom. The summed E-state index contributed by atoms with van der Waals surface area (Å²) in [5, 5.41) is 2.86. The summed E-state index contributed by atoms with van der Waals surface area (Å²) in [5.41, 5.74) is 2.66. The predicted octanol–water partition coefficient (Wildman–Crippen LogP) is 2.90. The Morgan fingerprint density at radius 1 is 1.24 bits per heavy atom. The predicted molar refractivity (Wildman–Crippen MR) is 82.6 cm³/mol. The van der Waals surface area contributed by atoms with Gasteiger partial charge in [-0.05, 0) is 50.1 Å². The van der Waals surface area contributed by atoms with Crippen molar-refractivity contribution in [1.82, 2.24) is 10.3 Å². The first-order chi connectivity index (χ1) is 10.1. The number of amides is 1. The molecule has 1 aromatic heterocycles. The van der Waals surface area contributed by atoms with E-state index in [0.717, 1.165) is 17.9 Å². The molecule has 0 atom stereocenters. The number of pyridine rings is 1. The van der Waals surface area contributed by atoms with Gasteiger partial charge >= 0.3 is 0 Å². The Labute approximate surface area is 125 Å². The highest BCUT2D eigenvalue weighted by Crippen LogP contribution is 2.12. The van der Waals surface area contributed by atoms with Crippen molar-refractivity contribution in [3.8, 4) is 5.75 Å². The minimum atomic E-state index is -0.0990. The summed E-state index contributed by atoms with van der Waals surface area (Å²) in [4.78, 5) is 15.9. The van der Waals surface area contributed by atoms with Crippen LogP contribution in [0, 0.1) is 13.8 Å². The van der Waals surface area contributed by atoms with Crippen LogP contribution in [0.4, 0.5) is 0 Å². The monoisotopic (exact) mass is 284 g/mol. The Bertz CT molecular complexity index is 594. The minimum absolute atomic E-state index is 0.0990. The highest BCUT2D eigenvalue weighted by molar-refractivity contribution is 5.93. The molecule has 1 N–H and O–H groups in total. The fraction of sp³-hybridized carbons (Fsp3) is 0.294. The van der Waals surface area contributed by atoms with E-state index in [2.05, 4.69) is 10.3 Å². The smallest absolute Gasteiger partial charge is 0.252 e. The maximum Gasteiger partial charge on any atom is 0.252 e. The minimum Gasteiger partial charge on any atom is -0.494 e. The van der Waals surface area contributed by atoms with Gasteiger partial charge in [-0.3, -0.25) is 9.78 Å². The van der Waals surface area contributed by atoms with Crippen LogP contribution in [0.15, 0.2) is 42.6 Å². The van der Waals surface area contributed by atoms with E-state index in [0.29, 0.717) is 18.7 Å². The molecular formula is C17H20N2O2. The number of carbonyl (C=O) groups excluding carboxylic acids is 1. The Balaban J connectivity index is 1.68. The molecule has 1 amide bonds. The molecule has 0 aliphatic heterocycles. The van der Waals surface area contributed by atoms with Crippen molar-refractivity contribution in [2.75, 3.05) is 13.2 Å². The van der Waals surface area contributed by atoms with Gasteiger partial charge in [0.1, 0.15) is 5.75 Å². The quantitative estimate of drug-likeness (QED) is 0.830. The largest absolute Gasteiger partial charge is 0.494 e. The number of nitrogens with zero attached hydrogens (tertiary/aromatic N) is 1. The molecule has 0 bridgehead atoms. The summed E-state index contributed by atoms with van der Waals surface area (Å²) in [6, 6.07) is 11.5. The summed E-state index contributed by atoms with van der Waals surface area (Å²) in [7, 11) is 0. The summed E-state index contributed by atoms with van der Waals surface area (Å²) < 4.78 is 5.63. The first kappa shape index (κ1) is 15.0. The number of hydrogen-bond donors (Lipinski definition) is 1. The van der Waals surface area contributed by atoms with Crippen molar-refractivity contribution < 1.29 is 9.53 Å². The molecule has 1 aromatic carbocycles. The lowest BCUT2D eigenvalue weighted by atomic mass is 10.2. The second-order valence-electron chi connectivity index (χ2n) is 4.96. The molecule has 2 aromatic rings. The molecule has 0 radical (unpaired) electrons. The number of aromatic nitrogens is 1. The van der Waals surface area contributed by atoms with Gasteiger partial charge in [0.05, 0.1) is 12.2 Å². The van der Waals surface area contributed by atoms with Gasteiger partial charge in [-0.2, -0.15) is 0 Å². The molecule has 0 aliphatic rings. The van der Waals surface area contributed by atoms with Gasteiger partial charge in [0, 0.05) is 18.4 Å². The standard InChI is InChI=1S/C17H20N2O2/c1-13-5-3-6-16(11-13)21-10-4-9-18-17(20)15-8-7-14(2)19-12-15/h3,5-8,11-12H,4,9-10H2,1-2H3,(H,18,20). The number of aryl methyl sites for hydroxylation is 2. The number of rotatable bonds is 6. The van der Waals surface area contributed by atoms with Gasteiger partial charge in [0.15, 0.2) is 0 Å². The van der Waals surface area contributed by atoms with Crippen molar-refractivity contribution in [2.45, 2.75) is 20.3 Å². The van der Waals surface area contributed by atoms with Crippen LogP contribution < -0.4 is 10.1 Å². The SMILES string of the molecule is Cc1cccc(OCCCNC(=O)c2ccc(C)nc2)c1. The number of hydrogen-bond acceptors (Lipinski definition) is 3. The third-order valence-corrected chi connectivity index (χ3v) is 3.04. The lowest BCUT2D eigenvalue weighted by molar-refractivity contribution is 0.0951. The highest BCUT2D eigenvalue weighted by Gasteiger charge is 2.04. The molecule has 0 saturated heterocycles. The normalized spacial score (nSPS) is 10.2. The van der Waals surface area contributed by atoms with Crippen LogP contribution in [-0.2, 0) is 0 Å². The number of carbonyl (C=O) groups is 1. The Hall–Kier alpha value is -2.36. The number of ether oxygens (including phenoxy) is 1. The zero-order valence-corrected chi connectivity index (χ0v) is 12.4. The summed E-state index contributed by atoms with van der Waals surface area (Å²) in [6.45, 7) is 5.08.